The average molecular weight is 173 g/mol. The lowest BCUT2D eigenvalue weighted by Crippen LogP contribution is -2.33. The Kier molecular flexibility index (Phi) is 3.98. The molecule has 0 aliphatic heterocycles. The van der Waals surface area contributed by atoms with Crippen LogP contribution in [0.4, 0.5) is 0 Å². The molecule has 1 unspecified atom stereocenters. The SMILES string of the molecule is CC[C@@H]1CCC[C@@H]1OC(O)NC. The Labute approximate surface area is 74.1 Å². The maximum absolute atomic E-state index is 9.20. The highest BCUT2D eigenvalue weighted by molar-refractivity contribution is 4.77. The molecule has 0 spiro atoms. The second-order valence-corrected chi connectivity index (χ2v) is 3.41. The minimum absolute atomic E-state index is 0.262. The first-order valence-corrected chi connectivity index (χ1v) is 4.78. The van der Waals surface area contributed by atoms with Crippen LogP contribution < -0.4 is 5.32 Å². The second-order valence-electron chi connectivity index (χ2n) is 3.41. The van der Waals surface area contributed by atoms with Gasteiger partial charge in [0.25, 0.3) is 0 Å². The Balaban J connectivity index is 2.30. The number of nitrogens with one attached hydrogen (secondary N) is 1. The summed E-state index contributed by atoms with van der Waals surface area (Å²) in [4.78, 5) is 0. The van der Waals surface area contributed by atoms with E-state index in [9.17, 15) is 5.11 Å². The molecule has 0 aromatic heterocycles. The van der Waals surface area contributed by atoms with Crippen molar-refractivity contribution in [2.75, 3.05) is 7.05 Å². The van der Waals surface area contributed by atoms with Gasteiger partial charge in [-0.2, -0.15) is 0 Å². The van der Waals surface area contributed by atoms with Gasteiger partial charge < -0.3 is 9.84 Å². The molecular formula is C9H19NO2. The Bertz CT molecular complexity index is 130. The highest BCUT2D eigenvalue weighted by atomic mass is 16.6. The molecule has 0 aromatic rings. The fourth-order valence-corrected chi connectivity index (χ4v) is 1.88. The van der Waals surface area contributed by atoms with E-state index in [-0.39, 0.29) is 6.10 Å². The van der Waals surface area contributed by atoms with Crippen molar-refractivity contribution in [3.8, 4) is 0 Å². The smallest absolute Gasteiger partial charge is 0.213 e. The number of aliphatic hydroxyl groups is 1. The summed E-state index contributed by atoms with van der Waals surface area (Å²) >= 11 is 0. The molecule has 0 radical (unpaired) electrons. The molecule has 1 rings (SSSR count). The summed E-state index contributed by atoms with van der Waals surface area (Å²) in [5, 5.41) is 11.9. The Morgan fingerprint density at radius 3 is 2.92 bits per heavy atom. The van der Waals surface area contributed by atoms with Gasteiger partial charge in [-0.1, -0.05) is 19.8 Å². The van der Waals surface area contributed by atoms with Crippen LogP contribution in [0.3, 0.4) is 0 Å². The first kappa shape index (κ1) is 9.96. The van der Waals surface area contributed by atoms with Crippen LogP contribution in [-0.4, -0.2) is 24.7 Å². The summed E-state index contributed by atoms with van der Waals surface area (Å²) in [5.74, 6) is 0.646. The normalized spacial score (nSPS) is 32.2. The summed E-state index contributed by atoms with van der Waals surface area (Å²) in [6, 6.07) is 0. The van der Waals surface area contributed by atoms with Crippen molar-refractivity contribution in [1.82, 2.24) is 5.32 Å². The highest BCUT2D eigenvalue weighted by Gasteiger charge is 2.27. The highest BCUT2D eigenvalue weighted by Crippen LogP contribution is 2.30. The lowest BCUT2D eigenvalue weighted by molar-refractivity contribution is -0.159. The zero-order valence-corrected chi connectivity index (χ0v) is 7.92. The summed E-state index contributed by atoms with van der Waals surface area (Å²) in [5.41, 5.74) is 0. The first-order chi connectivity index (χ1) is 5.77. The number of hydrogen-bond acceptors (Lipinski definition) is 3. The van der Waals surface area contributed by atoms with Crippen LogP contribution in [0.15, 0.2) is 0 Å². The minimum Gasteiger partial charge on any atom is -0.356 e. The first-order valence-electron chi connectivity index (χ1n) is 4.78. The van der Waals surface area contributed by atoms with E-state index in [0.717, 1.165) is 12.8 Å². The monoisotopic (exact) mass is 173 g/mol. The van der Waals surface area contributed by atoms with Crippen LogP contribution in [-0.2, 0) is 4.74 Å². The Morgan fingerprint density at radius 1 is 1.58 bits per heavy atom. The van der Waals surface area contributed by atoms with Crippen LogP contribution in [0.25, 0.3) is 0 Å². The Hall–Kier alpha value is -0.120. The quantitative estimate of drug-likeness (QED) is 0.625. The van der Waals surface area contributed by atoms with Gasteiger partial charge in [0.05, 0.1) is 6.10 Å². The van der Waals surface area contributed by atoms with Gasteiger partial charge in [0.15, 0.2) is 0 Å². The molecule has 72 valence electrons. The fraction of sp³-hybridized carbons (Fsp3) is 1.00. The van der Waals surface area contributed by atoms with Gasteiger partial charge in [0.1, 0.15) is 0 Å². The van der Waals surface area contributed by atoms with Crippen LogP contribution in [0, 0.1) is 5.92 Å². The van der Waals surface area contributed by atoms with Crippen molar-refractivity contribution >= 4 is 0 Å². The molecule has 1 aliphatic rings. The van der Waals surface area contributed by atoms with Gasteiger partial charge in [-0.3, -0.25) is 5.32 Å². The van der Waals surface area contributed by atoms with Crippen LogP contribution in [0.2, 0.25) is 0 Å². The molecule has 0 saturated heterocycles. The second kappa shape index (κ2) is 4.80. The zero-order chi connectivity index (χ0) is 8.97. The van der Waals surface area contributed by atoms with Crippen molar-refractivity contribution in [3.05, 3.63) is 0 Å². The molecule has 0 amide bonds. The van der Waals surface area contributed by atoms with Crippen LogP contribution in [0.5, 0.6) is 0 Å². The van der Waals surface area contributed by atoms with Crippen molar-refractivity contribution in [2.45, 2.75) is 45.1 Å². The molecule has 3 heteroatoms. The molecule has 12 heavy (non-hydrogen) atoms. The molecule has 1 saturated carbocycles. The topological polar surface area (TPSA) is 41.5 Å². The van der Waals surface area contributed by atoms with Gasteiger partial charge >= 0.3 is 0 Å². The molecule has 0 bridgehead atoms. The van der Waals surface area contributed by atoms with E-state index in [1.54, 1.807) is 7.05 Å². The minimum atomic E-state index is -0.790. The number of hydrogen-bond donors (Lipinski definition) is 2. The van der Waals surface area contributed by atoms with E-state index in [0.29, 0.717) is 5.92 Å². The maximum Gasteiger partial charge on any atom is 0.213 e. The van der Waals surface area contributed by atoms with E-state index in [1.807, 2.05) is 0 Å². The molecule has 3 atom stereocenters. The predicted molar refractivity (Wildman–Crippen MR) is 47.6 cm³/mol. The molecule has 2 N–H and O–H groups in total. The molecule has 0 heterocycles. The van der Waals surface area contributed by atoms with Crippen LogP contribution in [0.1, 0.15) is 32.6 Å². The molecule has 1 fully saturated rings. The van der Waals surface area contributed by atoms with Crippen molar-refractivity contribution < 1.29 is 9.84 Å². The molecule has 0 aromatic carbocycles. The third kappa shape index (κ3) is 2.44. The predicted octanol–water partition coefficient (Wildman–Crippen LogP) is 1.08. The van der Waals surface area contributed by atoms with Gasteiger partial charge in [0.2, 0.25) is 6.41 Å². The fourth-order valence-electron chi connectivity index (χ4n) is 1.88. The summed E-state index contributed by atoms with van der Waals surface area (Å²) in [6.45, 7) is 2.18. The number of ether oxygens (including phenoxy) is 1. The number of aliphatic hydroxyl groups excluding tert-OH is 1. The Morgan fingerprint density at radius 2 is 2.33 bits per heavy atom. The molecule has 3 nitrogen and oxygen atoms in total. The van der Waals surface area contributed by atoms with Gasteiger partial charge in [-0.25, -0.2) is 0 Å². The summed E-state index contributed by atoms with van der Waals surface area (Å²) < 4.78 is 5.41. The molecule has 1 aliphatic carbocycles. The standard InChI is InChI=1S/C9H19NO2/c1-3-7-5-4-6-8(7)12-9(11)10-2/h7-11H,3-6H2,1-2H3/t7-,8+,9?/m1/s1. The van der Waals surface area contributed by atoms with E-state index in [2.05, 4.69) is 12.2 Å². The van der Waals surface area contributed by atoms with E-state index < -0.39 is 6.41 Å². The third-order valence-electron chi connectivity index (χ3n) is 2.66. The number of rotatable bonds is 4. The lowest BCUT2D eigenvalue weighted by Gasteiger charge is -2.21. The van der Waals surface area contributed by atoms with Crippen LogP contribution >= 0.6 is 0 Å². The lowest BCUT2D eigenvalue weighted by atomic mass is 10.0. The van der Waals surface area contributed by atoms with E-state index >= 15 is 0 Å². The van der Waals surface area contributed by atoms with Gasteiger partial charge in [-0.05, 0) is 25.8 Å². The molecular weight excluding hydrogens is 154 g/mol. The van der Waals surface area contributed by atoms with E-state index in [1.165, 1.54) is 12.8 Å². The van der Waals surface area contributed by atoms with Gasteiger partial charge in [-0.15, -0.1) is 0 Å². The summed E-state index contributed by atoms with van der Waals surface area (Å²) in [6.07, 6.45) is 4.20. The largest absolute Gasteiger partial charge is 0.356 e. The zero-order valence-electron chi connectivity index (χ0n) is 7.92. The van der Waals surface area contributed by atoms with Crippen molar-refractivity contribution in [2.24, 2.45) is 5.92 Å². The van der Waals surface area contributed by atoms with Crippen molar-refractivity contribution in [3.63, 3.8) is 0 Å². The van der Waals surface area contributed by atoms with E-state index in [4.69, 9.17) is 4.74 Å². The maximum atomic E-state index is 9.20. The van der Waals surface area contributed by atoms with Crippen molar-refractivity contribution in [1.29, 1.82) is 0 Å². The summed E-state index contributed by atoms with van der Waals surface area (Å²) in [7, 11) is 1.70. The van der Waals surface area contributed by atoms with Gasteiger partial charge in [0, 0.05) is 0 Å². The average Bonchev–Trinajstić information content (AvgIpc) is 2.51. The third-order valence-corrected chi connectivity index (χ3v) is 2.66.